The van der Waals surface area contributed by atoms with Crippen LogP contribution in [0.5, 0.6) is 0 Å². The summed E-state index contributed by atoms with van der Waals surface area (Å²) in [5, 5.41) is 11.7. The number of nitrogen functional groups attached to an aromatic ring is 1. The summed E-state index contributed by atoms with van der Waals surface area (Å²) in [4.78, 5) is 12.3. The number of anilines is 2. The van der Waals surface area contributed by atoms with Crippen LogP contribution in [0.4, 0.5) is 11.4 Å². The summed E-state index contributed by atoms with van der Waals surface area (Å²) in [6, 6.07) is 14.3. The molecule has 0 aliphatic heterocycles. The Morgan fingerprint density at radius 3 is 2.71 bits per heavy atom. The van der Waals surface area contributed by atoms with Crippen LogP contribution < -0.4 is 11.1 Å². The number of carbonyl (C=O) groups excluding carboxylic acids is 1. The van der Waals surface area contributed by atoms with Gasteiger partial charge in [0.05, 0.1) is 23.2 Å². The average molecular weight is 344 g/mol. The lowest BCUT2D eigenvalue weighted by molar-refractivity contribution is -0.117. The van der Waals surface area contributed by atoms with Crippen LogP contribution >= 0.6 is 15.9 Å². The third kappa shape index (κ3) is 3.61. The van der Waals surface area contributed by atoms with E-state index in [1.165, 1.54) is 0 Å². The number of rotatable bonds is 3. The molecular formula is C16H14BrN3O. The highest BCUT2D eigenvalue weighted by Gasteiger charge is 2.16. The molecule has 21 heavy (non-hydrogen) atoms. The molecule has 4 nitrogen and oxygen atoms in total. The number of amides is 1. The normalized spacial score (nSPS) is 11.5. The van der Waals surface area contributed by atoms with Crippen LogP contribution in [0.3, 0.4) is 0 Å². The highest BCUT2D eigenvalue weighted by Crippen LogP contribution is 2.26. The van der Waals surface area contributed by atoms with Crippen LogP contribution in [0.2, 0.25) is 0 Å². The molecule has 0 aliphatic rings. The molecule has 106 valence electrons. The number of nitriles is 1. The zero-order valence-corrected chi connectivity index (χ0v) is 13.0. The van der Waals surface area contributed by atoms with Crippen molar-refractivity contribution in [3.63, 3.8) is 0 Å². The molecule has 3 N–H and O–H groups in total. The van der Waals surface area contributed by atoms with E-state index in [1.54, 1.807) is 30.3 Å². The van der Waals surface area contributed by atoms with Gasteiger partial charge in [0.1, 0.15) is 0 Å². The Kier molecular flexibility index (Phi) is 4.61. The van der Waals surface area contributed by atoms with E-state index in [0.717, 1.165) is 5.56 Å². The lowest BCUT2D eigenvalue weighted by Gasteiger charge is -2.14. The quantitative estimate of drug-likeness (QED) is 0.835. The van der Waals surface area contributed by atoms with Gasteiger partial charge < -0.3 is 11.1 Å². The molecule has 1 unspecified atom stereocenters. The molecule has 0 fully saturated rings. The first-order valence-corrected chi connectivity index (χ1v) is 7.16. The molecule has 2 aromatic rings. The summed E-state index contributed by atoms with van der Waals surface area (Å²) in [5.41, 5.74) is 8.39. The summed E-state index contributed by atoms with van der Waals surface area (Å²) in [7, 11) is 0. The van der Waals surface area contributed by atoms with Crippen molar-refractivity contribution >= 4 is 33.2 Å². The summed E-state index contributed by atoms with van der Waals surface area (Å²) in [6.45, 7) is 1.82. The van der Waals surface area contributed by atoms with Gasteiger partial charge >= 0.3 is 0 Å². The predicted octanol–water partition coefficient (Wildman–Crippen LogP) is 3.65. The summed E-state index contributed by atoms with van der Waals surface area (Å²) < 4.78 is 0.676. The Morgan fingerprint density at radius 2 is 2.10 bits per heavy atom. The zero-order valence-electron chi connectivity index (χ0n) is 11.4. The molecular weight excluding hydrogens is 330 g/mol. The molecule has 0 saturated heterocycles. The van der Waals surface area contributed by atoms with Crippen LogP contribution in [0.1, 0.15) is 24.0 Å². The Balaban J connectivity index is 2.16. The maximum Gasteiger partial charge on any atom is 0.231 e. The highest BCUT2D eigenvalue weighted by molar-refractivity contribution is 9.10. The standard InChI is InChI=1S/C16H14BrN3O/c1-10(12-3-2-4-13(19)8-12)16(21)20-15-6-5-11(9-18)7-14(15)17/h2-8,10H,19H2,1H3,(H,20,21). The Labute approximate surface area is 131 Å². The van der Waals surface area contributed by atoms with Gasteiger partial charge in [-0.1, -0.05) is 12.1 Å². The number of halogens is 1. The number of hydrogen-bond acceptors (Lipinski definition) is 3. The predicted molar refractivity (Wildman–Crippen MR) is 86.8 cm³/mol. The second-order valence-electron chi connectivity index (χ2n) is 4.69. The molecule has 0 saturated carbocycles. The lowest BCUT2D eigenvalue weighted by atomic mass is 10.00. The molecule has 0 bridgehead atoms. The third-order valence-corrected chi connectivity index (χ3v) is 3.82. The zero-order chi connectivity index (χ0) is 15.4. The van der Waals surface area contributed by atoms with Gasteiger partial charge in [0.2, 0.25) is 5.91 Å². The Bertz CT molecular complexity index is 722. The fraction of sp³-hybridized carbons (Fsp3) is 0.125. The van der Waals surface area contributed by atoms with Crippen LogP contribution in [0.15, 0.2) is 46.9 Å². The lowest BCUT2D eigenvalue weighted by Crippen LogP contribution is -2.19. The minimum absolute atomic E-state index is 0.133. The van der Waals surface area contributed by atoms with Gasteiger partial charge in [-0.25, -0.2) is 0 Å². The van der Waals surface area contributed by atoms with E-state index < -0.39 is 0 Å². The first-order valence-electron chi connectivity index (χ1n) is 6.37. The van der Waals surface area contributed by atoms with Gasteiger partial charge in [-0.05, 0) is 58.7 Å². The number of nitrogens with zero attached hydrogens (tertiary/aromatic N) is 1. The van der Waals surface area contributed by atoms with E-state index in [-0.39, 0.29) is 11.8 Å². The van der Waals surface area contributed by atoms with Crippen molar-refractivity contribution in [2.45, 2.75) is 12.8 Å². The number of nitrogens with one attached hydrogen (secondary N) is 1. The van der Waals surface area contributed by atoms with E-state index >= 15 is 0 Å². The molecule has 2 rings (SSSR count). The minimum Gasteiger partial charge on any atom is -0.399 e. The average Bonchev–Trinajstić information content (AvgIpc) is 2.48. The Hall–Kier alpha value is -2.32. The van der Waals surface area contributed by atoms with Crippen LogP contribution in [0, 0.1) is 11.3 Å². The molecule has 0 aliphatic carbocycles. The maximum absolute atomic E-state index is 12.3. The fourth-order valence-corrected chi connectivity index (χ4v) is 2.38. The van der Waals surface area contributed by atoms with E-state index in [0.29, 0.717) is 21.4 Å². The van der Waals surface area contributed by atoms with Gasteiger partial charge in [0.15, 0.2) is 0 Å². The van der Waals surface area contributed by atoms with Crippen molar-refractivity contribution in [3.8, 4) is 6.07 Å². The first-order chi connectivity index (χ1) is 10.0. The van der Waals surface area contributed by atoms with Gasteiger partial charge in [0.25, 0.3) is 0 Å². The molecule has 2 aromatic carbocycles. The number of nitrogens with two attached hydrogens (primary N) is 1. The van der Waals surface area contributed by atoms with Gasteiger partial charge in [0, 0.05) is 10.2 Å². The van der Waals surface area contributed by atoms with Gasteiger partial charge in [-0.3, -0.25) is 4.79 Å². The molecule has 5 heteroatoms. The third-order valence-electron chi connectivity index (χ3n) is 3.16. The number of carbonyl (C=O) groups is 1. The Morgan fingerprint density at radius 1 is 1.33 bits per heavy atom. The van der Waals surface area contributed by atoms with Crippen LogP contribution in [-0.2, 0) is 4.79 Å². The molecule has 1 amide bonds. The van der Waals surface area contributed by atoms with E-state index in [9.17, 15) is 4.79 Å². The van der Waals surface area contributed by atoms with Crippen molar-refractivity contribution in [1.82, 2.24) is 0 Å². The fourth-order valence-electron chi connectivity index (χ4n) is 1.91. The minimum atomic E-state index is -0.323. The number of hydrogen-bond donors (Lipinski definition) is 2. The van der Waals surface area contributed by atoms with E-state index in [1.807, 2.05) is 25.1 Å². The van der Waals surface area contributed by atoms with Crippen molar-refractivity contribution in [2.24, 2.45) is 0 Å². The molecule has 0 spiro atoms. The maximum atomic E-state index is 12.3. The summed E-state index contributed by atoms with van der Waals surface area (Å²) >= 11 is 3.35. The SMILES string of the molecule is CC(C(=O)Nc1ccc(C#N)cc1Br)c1cccc(N)c1. The van der Waals surface area contributed by atoms with Crippen LogP contribution in [-0.4, -0.2) is 5.91 Å². The van der Waals surface area contributed by atoms with Crippen molar-refractivity contribution < 1.29 is 4.79 Å². The molecule has 0 radical (unpaired) electrons. The second kappa shape index (κ2) is 6.42. The van der Waals surface area contributed by atoms with E-state index in [2.05, 4.69) is 21.2 Å². The topological polar surface area (TPSA) is 78.9 Å². The molecule has 0 aromatic heterocycles. The molecule has 0 heterocycles. The van der Waals surface area contributed by atoms with Crippen molar-refractivity contribution in [2.75, 3.05) is 11.1 Å². The van der Waals surface area contributed by atoms with Crippen molar-refractivity contribution in [1.29, 1.82) is 5.26 Å². The largest absolute Gasteiger partial charge is 0.399 e. The summed E-state index contributed by atoms with van der Waals surface area (Å²) in [6.07, 6.45) is 0. The van der Waals surface area contributed by atoms with Gasteiger partial charge in [-0.2, -0.15) is 5.26 Å². The van der Waals surface area contributed by atoms with Crippen molar-refractivity contribution in [3.05, 3.63) is 58.1 Å². The van der Waals surface area contributed by atoms with E-state index in [4.69, 9.17) is 11.0 Å². The summed E-state index contributed by atoms with van der Waals surface area (Å²) in [5.74, 6) is -0.456. The monoisotopic (exact) mass is 343 g/mol. The smallest absolute Gasteiger partial charge is 0.231 e. The first kappa shape index (κ1) is 15.1. The highest BCUT2D eigenvalue weighted by atomic mass is 79.9. The second-order valence-corrected chi connectivity index (χ2v) is 5.54. The van der Waals surface area contributed by atoms with Gasteiger partial charge in [-0.15, -0.1) is 0 Å². The van der Waals surface area contributed by atoms with Crippen LogP contribution in [0.25, 0.3) is 0 Å². The number of benzene rings is 2. The molecule has 1 atom stereocenters.